The van der Waals surface area contributed by atoms with E-state index in [1.807, 2.05) is 36.6 Å². The average Bonchev–Trinajstić information content (AvgIpc) is 3.09. The van der Waals surface area contributed by atoms with Crippen LogP contribution in [0.4, 0.5) is 5.69 Å². The maximum Gasteiger partial charge on any atom is 0.309 e. The zero-order valence-electron chi connectivity index (χ0n) is 15.0. The van der Waals surface area contributed by atoms with E-state index < -0.39 is 0 Å². The lowest BCUT2D eigenvalue weighted by Crippen LogP contribution is -2.20. The summed E-state index contributed by atoms with van der Waals surface area (Å²) in [6, 6.07) is 7.67. The Morgan fingerprint density at radius 2 is 2.00 bits per heavy atom. The van der Waals surface area contributed by atoms with Gasteiger partial charge in [0.2, 0.25) is 5.91 Å². The number of hydrogen-bond donors (Lipinski definition) is 1. The van der Waals surface area contributed by atoms with E-state index in [4.69, 9.17) is 4.74 Å². The van der Waals surface area contributed by atoms with Gasteiger partial charge in [0.25, 0.3) is 0 Å². The Balaban J connectivity index is 1.47. The average molecular weight is 372 g/mol. The van der Waals surface area contributed by atoms with E-state index in [9.17, 15) is 9.59 Å². The Hall–Kier alpha value is -2.21. The molecule has 0 radical (unpaired) electrons. The molecule has 1 aromatic carbocycles. The number of nitrogens with zero attached hydrogens (tertiary/aromatic N) is 1. The SMILES string of the molecule is Cc1ccccc1NC(=O)Cc1nc(COC(=O)C2CCCCC2)cs1. The first kappa shape index (κ1) is 18.6. The highest BCUT2D eigenvalue weighted by molar-refractivity contribution is 7.09. The van der Waals surface area contributed by atoms with E-state index in [-0.39, 0.29) is 30.8 Å². The molecule has 26 heavy (non-hydrogen) atoms. The predicted molar refractivity (Wildman–Crippen MR) is 102 cm³/mol. The minimum absolute atomic E-state index is 0.0433. The predicted octanol–water partition coefficient (Wildman–Crippen LogP) is 4.26. The van der Waals surface area contributed by atoms with Crippen molar-refractivity contribution in [3.8, 4) is 0 Å². The summed E-state index contributed by atoms with van der Waals surface area (Å²) in [6.45, 7) is 2.14. The molecule has 0 unspecified atom stereocenters. The molecule has 0 saturated heterocycles. The molecule has 0 spiro atoms. The van der Waals surface area contributed by atoms with Crippen molar-refractivity contribution in [3.63, 3.8) is 0 Å². The molecule has 0 atom stereocenters. The quantitative estimate of drug-likeness (QED) is 0.770. The summed E-state index contributed by atoms with van der Waals surface area (Å²) in [6.07, 6.45) is 5.51. The van der Waals surface area contributed by atoms with Gasteiger partial charge in [0, 0.05) is 11.1 Å². The number of benzene rings is 1. The van der Waals surface area contributed by atoms with Crippen molar-refractivity contribution >= 4 is 28.9 Å². The number of ether oxygens (including phenoxy) is 1. The third-order valence-corrected chi connectivity index (χ3v) is 5.53. The number of esters is 1. The number of para-hydroxylation sites is 1. The smallest absolute Gasteiger partial charge is 0.309 e. The number of aryl methyl sites for hydroxylation is 1. The summed E-state index contributed by atoms with van der Waals surface area (Å²) < 4.78 is 5.40. The third kappa shape index (κ3) is 5.14. The van der Waals surface area contributed by atoms with E-state index >= 15 is 0 Å². The Morgan fingerprint density at radius 1 is 1.23 bits per heavy atom. The molecule has 1 saturated carbocycles. The zero-order valence-corrected chi connectivity index (χ0v) is 15.8. The maximum absolute atomic E-state index is 12.2. The van der Waals surface area contributed by atoms with Crippen molar-refractivity contribution in [1.29, 1.82) is 0 Å². The van der Waals surface area contributed by atoms with Gasteiger partial charge in [0.15, 0.2) is 0 Å². The molecule has 0 bridgehead atoms. The first-order valence-corrected chi connectivity index (χ1v) is 9.95. The highest BCUT2D eigenvalue weighted by Crippen LogP contribution is 2.25. The van der Waals surface area contributed by atoms with E-state index in [2.05, 4.69) is 10.3 Å². The van der Waals surface area contributed by atoms with Crippen molar-refractivity contribution in [2.45, 2.75) is 52.1 Å². The van der Waals surface area contributed by atoms with Crippen LogP contribution in [0.3, 0.4) is 0 Å². The molecule has 5 nitrogen and oxygen atoms in total. The first-order chi connectivity index (χ1) is 12.6. The number of carbonyl (C=O) groups excluding carboxylic acids is 2. The van der Waals surface area contributed by atoms with Crippen LogP contribution >= 0.6 is 11.3 Å². The van der Waals surface area contributed by atoms with E-state index in [1.54, 1.807) is 0 Å². The number of hydrogen-bond acceptors (Lipinski definition) is 5. The fourth-order valence-corrected chi connectivity index (χ4v) is 3.92. The molecule has 138 valence electrons. The minimum atomic E-state index is -0.114. The summed E-state index contributed by atoms with van der Waals surface area (Å²) in [5.41, 5.74) is 2.55. The number of rotatable bonds is 6. The summed E-state index contributed by atoms with van der Waals surface area (Å²) in [4.78, 5) is 28.7. The molecular weight excluding hydrogens is 348 g/mol. The van der Waals surface area contributed by atoms with Crippen LogP contribution in [0.2, 0.25) is 0 Å². The molecule has 6 heteroatoms. The molecule has 1 N–H and O–H groups in total. The molecule has 1 aliphatic rings. The van der Waals surface area contributed by atoms with Crippen LogP contribution in [-0.4, -0.2) is 16.9 Å². The monoisotopic (exact) mass is 372 g/mol. The van der Waals surface area contributed by atoms with Crippen LogP contribution in [0, 0.1) is 12.8 Å². The van der Waals surface area contributed by atoms with Gasteiger partial charge in [-0.1, -0.05) is 37.5 Å². The van der Waals surface area contributed by atoms with Crippen molar-refractivity contribution < 1.29 is 14.3 Å². The second-order valence-corrected chi connectivity index (χ2v) is 7.66. The number of nitrogens with one attached hydrogen (secondary N) is 1. The van der Waals surface area contributed by atoms with Gasteiger partial charge in [-0.15, -0.1) is 11.3 Å². The Kier molecular flexibility index (Phi) is 6.39. The van der Waals surface area contributed by atoms with Gasteiger partial charge in [0.05, 0.1) is 18.0 Å². The molecule has 1 amide bonds. The summed E-state index contributed by atoms with van der Waals surface area (Å²) >= 11 is 1.42. The lowest BCUT2D eigenvalue weighted by molar-refractivity contribution is -0.151. The van der Waals surface area contributed by atoms with E-state index in [0.717, 1.165) is 41.9 Å². The number of aromatic nitrogens is 1. The fraction of sp³-hybridized carbons (Fsp3) is 0.450. The van der Waals surface area contributed by atoms with Crippen molar-refractivity contribution in [2.75, 3.05) is 5.32 Å². The normalized spacial score (nSPS) is 14.8. The number of anilines is 1. The van der Waals surface area contributed by atoms with Crippen LogP contribution < -0.4 is 5.32 Å². The van der Waals surface area contributed by atoms with E-state index in [0.29, 0.717) is 5.69 Å². The van der Waals surface area contributed by atoms with Gasteiger partial charge in [-0.05, 0) is 31.4 Å². The fourth-order valence-electron chi connectivity index (χ4n) is 3.14. The largest absolute Gasteiger partial charge is 0.459 e. The van der Waals surface area contributed by atoms with Crippen LogP contribution in [0.25, 0.3) is 0 Å². The van der Waals surface area contributed by atoms with Gasteiger partial charge in [0.1, 0.15) is 11.6 Å². The van der Waals surface area contributed by atoms with Crippen molar-refractivity contribution in [3.05, 3.63) is 45.9 Å². The van der Waals surface area contributed by atoms with Gasteiger partial charge in [-0.25, -0.2) is 4.98 Å². The van der Waals surface area contributed by atoms with Gasteiger partial charge in [-0.2, -0.15) is 0 Å². The summed E-state index contributed by atoms with van der Waals surface area (Å²) in [5.74, 6) is -0.169. The highest BCUT2D eigenvalue weighted by atomic mass is 32.1. The van der Waals surface area contributed by atoms with Crippen molar-refractivity contribution in [2.24, 2.45) is 5.92 Å². The standard InChI is InChI=1S/C20H24N2O3S/c1-14-7-5-6-10-17(14)22-18(23)11-19-21-16(13-26-19)12-25-20(24)15-8-3-2-4-9-15/h5-7,10,13,15H,2-4,8-9,11-12H2,1H3,(H,22,23). The van der Waals surface area contributed by atoms with E-state index in [1.165, 1.54) is 17.8 Å². The molecule has 1 aromatic heterocycles. The lowest BCUT2D eigenvalue weighted by atomic mass is 9.89. The van der Waals surface area contributed by atoms with Crippen LogP contribution in [-0.2, 0) is 27.4 Å². The number of carbonyl (C=O) groups is 2. The van der Waals surface area contributed by atoms with Crippen molar-refractivity contribution in [1.82, 2.24) is 4.98 Å². The van der Waals surface area contributed by atoms with Crippen LogP contribution in [0.15, 0.2) is 29.6 Å². The molecule has 1 aliphatic carbocycles. The van der Waals surface area contributed by atoms with Gasteiger partial charge >= 0.3 is 5.97 Å². The second-order valence-electron chi connectivity index (χ2n) is 6.72. The summed E-state index contributed by atoms with van der Waals surface area (Å²) in [7, 11) is 0. The van der Waals surface area contributed by atoms with Crippen LogP contribution in [0.5, 0.6) is 0 Å². The molecule has 1 fully saturated rings. The molecule has 3 rings (SSSR count). The van der Waals surface area contributed by atoms with Crippen LogP contribution in [0.1, 0.15) is 48.4 Å². The number of thiazole rings is 1. The Morgan fingerprint density at radius 3 is 2.77 bits per heavy atom. The molecular formula is C20H24N2O3S. The third-order valence-electron chi connectivity index (χ3n) is 4.63. The second kappa shape index (κ2) is 8.94. The minimum Gasteiger partial charge on any atom is -0.459 e. The first-order valence-electron chi connectivity index (χ1n) is 9.07. The topological polar surface area (TPSA) is 68.3 Å². The Bertz CT molecular complexity index is 766. The molecule has 2 aromatic rings. The lowest BCUT2D eigenvalue weighted by Gasteiger charge is -2.19. The van der Waals surface area contributed by atoms with Gasteiger partial charge < -0.3 is 10.1 Å². The number of amides is 1. The molecule has 0 aliphatic heterocycles. The zero-order chi connectivity index (χ0) is 18.4. The Labute approximate surface area is 157 Å². The highest BCUT2D eigenvalue weighted by Gasteiger charge is 2.22. The molecule has 1 heterocycles. The maximum atomic E-state index is 12.2. The van der Waals surface area contributed by atoms with Gasteiger partial charge in [-0.3, -0.25) is 9.59 Å². The summed E-state index contributed by atoms with van der Waals surface area (Å²) in [5, 5.41) is 5.48.